The molecule has 0 spiro atoms. The van der Waals surface area contributed by atoms with E-state index in [2.05, 4.69) is 249 Å². The highest BCUT2D eigenvalue weighted by Crippen LogP contribution is 2.60. The van der Waals surface area contributed by atoms with E-state index >= 15 is 0 Å². The van der Waals surface area contributed by atoms with Gasteiger partial charge in [0.05, 0.1) is 17.7 Å². The van der Waals surface area contributed by atoms with Gasteiger partial charge in [0.15, 0.2) is 0 Å². The Kier molecular flexibility index (Phi) is 8.31. The van der Waals surface area contributed by atoms with Crippen molar-refractivity contribution in [1.29, 1.82) is 0 Å². The summed E-state index contributed by atoms with van der Waals surface area (Å²) in [5.41, 5.74) is 21.0. The molecule has 0 aliphatic heterocycles. The van der Waals surface area contributed by atoms with Crippen LogP contribution in [0.3, 0.4) is 0 Å². The van der Waals surface area contributed by atoms with Crippen LogP contribution in [0.25, 0.3) is 44.5 Å². The lowest BCUT2D eigenvalue weighted by molar-refractivity contribution is 0.660. The molecule has 0 saturated carbocycles. The first kappa shape index (κ1) is 37.1. The number of benzene rings is 11. The fraction of sp³-hybridized carbons (Fsp3) is 0.0704. The topological polar surface area (TPSA) is 3.24 Å². The van der Waals surface area contributed by atoms with Gasteiger partial charge in [-0.05, 0) is 143 Å². The zero-order valence-corrected chi connectivity index (χ0v) is 40.0. The van der Waals surface area contributed by atoms with Gasteiger partial charge in [0, 0.05) is 22.5 Å². The highest BCUT2D eigenvalue weighted by atomic mass is 15.1. The number of rotatable bonds is 8. The summed E-state index contributed by atoms with van der Waals surface area (Å²) in [7, 11) is 0. The van der Waals surface area contributed by atoms with Gasteiger partial charge in [-0.1, -0.05) is 244 Å². The molecule has 0 bridgehead atoms. The quantitative estimate of drug-likeness (QED) is 0.147. The molecule has 72 heavy (non-hydrogen) atoms. The lowest BCUT2D eigenvalue weighted by atomic mass is 9.67. The third kappa shape index (κ3) is 5.95. The maximum Gasteiger partial charge on any atom is 0.0714 e. The zero-order valence-electron chi connectivity index (χ0n) is 45.0. The predicted octanol–water partition coefficient (Wildman–Crippen LogP) is 17.9. The highest BCUT2D eigenvalue weighted by molar-refractivity contribution is 5.93. The summed E-state index contributed by atoms with van der Waals surface area (Å²) in [5.74, 6) is 0. The molecule has 3 aliphatic rings. The van der Waals surface area contributed by atoms with Gasteiger partial charge in [-0.15, -0.1) is 0 Å². The number of anilines is 3. The van der Waals surface area contributed by atoms with Crippen LogP contribution >= 0.6 is 0 Å². The van der Waals surface area contributed by atoms with Crippen molar-refractivity contribution >= 4 is 17.1 Å². The SMILES string of the molecule is [2H]c1c([2H])c([2H])c(-c2ccc3c(c2)C(C)(C)c2cc(N(c4ccc5c(c4)C(c4ccccc4)(c4ccccc4)c4ccccc4-5)c4ccc5c(c4)C(c4ccccc4)(c4ccccc4)c4ccccc4-5)ccc2-3)c([2H])c1[2H]. The molecule has 0 heterocycles. The van der Waals surface area contributed by atoms with E-state index in [4.69, 9.17) is 6.85 Å². The van der Waals surface area contributed by atoms with Crippen LogP contribution in [0.5, 0.6) is 0 Å². The van der Waals surface area contributed by atoms with Gasteiger partial charge in [-0.25, -0.2) is 0 Å². The number of nitrogens with zero attached hydrogens (tertiary/aromatic N) is 1. The number of hydrogen-bond acceptors (Lipinski definition) is 1. The fourth-order valence-electron chi connectivity index (χ4n) is 13.0. The molecule has 0 radical (unpaired) electrons. The van der Waals surface area contributed by atoms with Crippen molar-refractivity contribution in [2.75, 3.05) is 4.90 Å². The van der Waals surface area contributed by atoms with Crippen LogP contribution in [0.4, 0.5) is 17.1 Å². The van der Waals surface area contributed by atoms with Gasteiger partial charge in [-0.3, -0.25) is 0 Å². The Morgan fingerprint density at radius 2 is 0.625 bits per heavy atom. The van der Waals surface area contributed by atoms with Gasteiger partial charge < -0.3 is 4.90 Å². The lowest BCUT2D eigenvalue weighted by Gasteiger charge is -2.36. The first-order valence-electron chi connectivity index (χ1n) is 27.4. The molecule has 11 aromatic rings. The molecule has 11 aromatic carbocycles. The van der Waals surface area contributed by atoms with Crippen LogP contribution in [0.15, 0.2) is 273 Å². The van der Waals surface area contributed by atoms with Crippen molar-refractivity contribution in [3.05, 3.63) is 329 Å². The van der Waals surface area contributed by atoms with E-state index in [1.807, 2.05) is 12.1 Å². The minimum atomic E-state index is -0.620. The Bertz CT molecular complexity index is 3900. The van der Waals surface area contributed by atoms with E-state index in [-0.39, 0.29) is 29.7 Å². The minimum absolute atomic E-state index is 0.204. The maximum atomic E-state index is 8.87. The van der Waals surface area contributed by atoms with Crippen LogP contribution < -0.4 is 4.90 Å². The van der Waals surface area contributed by atoms with E-state index in [1.165, 1.54) is 66.8 Å². The first-order valence-corrected chi connectivity index (χ1v) is 24.9. The molecule has 3 aliphatic carbocycles. The molecular formula is C71H51N. The standard InChI is InChI=1S/C71H51N/c1-69(2)65-44-49(48-22-8-3-9-23-48)36-40-59(65)60-41-37-54(45-66(60)69)72(55-38-42-61-57-32-18-20-34-63(57)70(67(61)46-55,50-24-10-4-11-25-50)51-26-12-5-13-27-51)56-39-43-62-58-33-19-21-35-64(58)71(68(62)47-56,52-28-14-6-15-29-52)53-30-16-7-17-31-53/h3-47H,1-2H3/i3D,8D,9D,22D,23D. The molecular weight excluding hydrogens is 867 g/mol. The maximum absolute atomic E-state index is 8.87. The van der Waals surface area contributed by atoms with Crippen molar-refractivity contribution in [2.24, 2.45) is 0 Å². The molecule has 0 N–H and O–H groups in total. The zero-order chi connectivity index (χ0) is 52.4. The van der Waals surface area contributed by atoms with Crippen LogP contribution in [-0.4, -0.2) is 0 Å². The van der Waals surface area contributed by atoms with Crippen molar-refractivity contribution in [3.63, 3.8) is 0 Å². The molecule has 0 fully saturated rings. The summed E-state index contributed by atoms with van der Waals surface area (Å²) in [6.45, 7) is 4.47. The Labute approximate surface area is 430 Å². The van der Waals surface area contributed by atoms with Crippen molar-refractivity contribution < 1.29 is 6.85 Å². The Hall–Kier alpha value is -8.78. The summed E-state index contributed by atoms with van der Waals surface area (Å²) >= 11 is 0. The molecule has 0 aromatic heterocycles. The lowest BCUT2D eigenvalue weighted by Crippen LogP contribution is -2.29. The molecule has 0 saturated heterocycles. The third-order valence-electron chi connectivity index (χ3n) is 16.1. The van der Waals surface area contributed by atoms with Crippen molar-refractivity contribution in [3.8, 4) is 44.5 Å². The van der Waals surface area contributed by atoms with Crippen molar-refractivity contribution in [1.82, 2.24) is 0 Å². The molecule has 0 unspecified atom stereocenters. The van der Waals surface area contributed by atoms with Crippen LogP contribution in [0, 0.1) is 0 Å². The largest absolute Gasteiger partial charge is 0.310 e. The Morgan fingerprint density at radius 3 is 1.06 bits per heavy atom. The summed E-state index contributed by atoms with van der Waals surface area (Å²) in [4.78, 5) is 2.45. The van der Waals surface area contributed by atoms with Gasteiger partial charge >= 0.3 is 0 Å². The average Bonchev–Trinajstić information content (AvgIpc) is 4.27. The van der Waals surface area contributed by atoms with E-state index in [9.17, 15) is 0 Å². The van der Waals surface area contributed by atoms with Gasteiger partial charge in [0.1, 0.15) is 0 Å². The summed E-state index contributed by atoms with van der Waals surface area (Å²) in [6, 6.07) is 87.2. The van der Waals surface area contributed by atoms with E-state index in [0.29, 0.717) is 5.56 Å². The monoisotopic (exact) mass is 922 g/mol. The second-order valence-corrected chi connectivity index (χ2v) is 20.0. The normalized spacial score (nSPS) is 15.6. The Morgan fingerprint density at radius 1 is 0.292 bits per heavy atom. The molecule has 1 heteroatoms. The fourth-order valence-corrected chi connectivity index (χ4v) is 13.0. The highest BCUT2D eigenvalue weighted by Gasteiger charge is 2.48. The van der Waals surface area contributed by atoms with E-state index in [1.54, 1.807) is 0 Å². The van der Waals surface area contributed by atoms with Crippen LogP contribution in [0.1, 0.15) is 76.3 Å². The average molecular weight is 923 g/mol. The molecule has 340 valence electrons. The summed E-state index contributed by atoms with van der Waals surface area (Å²) in [6.07, 6.45) is 0. The molecule has 0 atom stereocenters. The predicted molar refractivity (Wildman–Crippen MR) is 299 cm³/mol. The molecule has 1 nitrogen and oxygen atoms in total. The smallest absolute Gasteiger partial charge is 0.0714 e. The summed E-state index contributed by atoms with van der Waals surface area (Å²) in [5, 5.41) is 0. The minimum Gasteiger partial charge on any atom is -0.310 e. The molecule has 0 amide bonds. The van der Waals surface area contributed by atoms with E-state index < -0.39 is 22.3 Å². The van der Waals surface area contributed by atoms with E-state index in [0.717, 1.165) is 39.3 Å². The molecule has 14 rings (SSSR count). The number of fused-ring (bicyclic) bond motifs is 9. The van der Waals surface area contributed by atoms with Crippen LogP contribution in [-0.2, 0) is 16.2 Å². The number of hydrogen-bond donors (Lipinski definition) is 0. The second-order valence-electron chi connectivity index (χ2n) is 20.0. The van der Waals surface area contributed by atoms with Gasteiger partial charge in [0.2, 0.25) is 0 Å². The van der Waals surface area contributed by atoms with Gasteiger partial charge in [0.25, 0.3) is 0 Å². The van der Waals surface area contributed by atoms with Crippen LogP contribution in [0.2, 0.25) is 0 Å². The van der Waals surface area contributed by atoms with Gasteiger partial charge in [-0.2, -0.15) is 0 Å². The van der Waals surface area contributed by atoms with Crippen molar-refractivity contribution in [2.45, 2.75) is 30.1 Å². The Balaban J connectivity index is 1.02. The summed E-state index contributed by atoms with van der Waals surface area (Å²) < 4.78 is 43.0. The first-order chi connectivity index (χ1) is 37.5. The second kappa shape index (κ2) is 16.1. The third-order valence-corrected chi connectivity index (χ3v) is 16.1.